The minimum atomic E-state index is 0. The molecule has 0 aliphatic rings. The van der Waals surface area contributed by atoms with Gasteiger partial charge in [0.05, 0.1) is 6.61 Å². The van der Waals surface area contributed by atoms with Gasteiger partial charge in [0.2, 0.25) is 5.91 Å². The maximum atomic E-state index is 11.7. The summed E-state index contributed by atoms with van der Waals surface area (Å²) in [5.74, 6) is 1.65. The number of carbonyl (C=O) groups excluding carboxylic acids is 1. The highest BCUT2D eigenvalue weighted by atomic mass is 127. The van der Waals surface area contributed by atoms with Crippen LogP contribution in [0.15, 0.2) is 47.5 Å². The van der Waals surface area contributed by atoms with Crippen molar-refractivity contribution in [2.24, 2.45) is 4.99 Å². The number of rotatable bonds is 10. The molecule has 0 bridgehead atoms. The van der Waals surface area contributed by atoms with E-state index in [1.54, 1.807) is 0 Å². The molecule has 6 nitrogen and oxygen atoms in total. The van der Waals surface area contributed by atoms with Gasteiger partial charge in [0, 0.05) is 38.5 Å². The van der Waals surface area contributed by atoms with Crippen molar-refractivity contribution < 1.29 is 9.53 Å². The van der Waals surface area contributed by atoms with E-state index in [-0.39, 0.29) is 35.9 Å². The first-order valence-electron chi connectivity index (χ1n) is 10.0. The number of ether oxygens (including phenoxy) is 1. The number of carbonyl (C=O) groups is 1. The van der Waals surface area contributed by atoms with Gasteiger partial charge in [-0.2, -0.15) is 0 Å². The Morgan fingerprint density at radius 3 is 2.59 bits per heavy atom. The van der Waals surface area contributed by atoms with Crippen LogP contribution in [0, 0.1) is 0 Å². The second-order valence-electron chi connectivity index (χ2n) is 6.87. The summed E-state index contributed by atoms with van der Waals surface area (Å²) < 4.78 is 5.84. The number of halogens is 1. The molecule has 2 aromatic carbocycles. The molecule has 0 atom stereocenters. The molecule has 0 unspecified atom stereocenters. The normalized spacial score (nSPS) is 11.1. The van der Waals surface area contributed by atoms with Crippen LogP contribution in [0.2, 0.25) is 0 Å². The van der Waals surface area contributed by atoms with E-state index in [2.05, 4.69) is 45.2 Å². The lowest BCUT2D eigenvalue weighted by Crippen LogP contribution is -2.40. The summed E-state index contributed by atoms with van der Waals surface area (Å²) in [6, 6.07) is 14.5. The van der Waals surface area contributed by atoms with Crippen molar-refractivity contribution in [2.45, 2.75) is 39.7 Å². The van der Waals surface area contributed by atoms with Crippen LogP contribution in [-0.2, 0) is 4.79 Å². The highest BCUT2D eigenvalue weighted by Crippen LogP contribution is 2.20. The number of hydrogen-bond donors (Lipinski definition) is 3. The van der Waals surface area contributed by atoms with Crippen molar-refractivity contribution in [3.8, 4) is 5.75 Å². The number of aliphatic imine (C=N–C) groups is 1. The van der Waals surface area contributed by atoms with Gasteiger partial charge in [-0.1, -0.05) is 30.3 Å². The molecular formula is C22H33IN4O2. The molecular weight excluding hydrogens is 479 g/mol. The Kier molecular flexibility index (Phi) is 12.1. The van der Waals surface area contributed by atoms with E-state index in [0.717, 1.165) is 24.7 Å². The quantitative estimate of drug-likeness (QED) is 0.197. The zero-order valence-corrected chi connectivity index (χ0v) is 19.9. The van der Waals surface area contributed by atoms with Crippen LogP contribution < -0.4 is 20.7 Å². The van der Waals surface area contributed by atoms with E-state index >= 15 is 0 Å². The third kappa shape index (κ3) is 9.83. The number of benzene rings is 2. The first kappa shape index (κ1) is 25.0. The number of amides is 1. The Bertz CT molecular complexity index is 780. The van der Waals surface area contributed by atoms with Gasteiger partial charge in [-0.15, -0.1) is 24.0 Å². The van der Waals surface area contributed by atoms with Gasteiger partial charge >= 0.3 is 0 Å². The highest BCUT2D eigenvalue weighted by Gasteiger charge is 2.04. The van der Waals surface area contributed by atoms with Crippen LogP contribution >= 0.6 is 24.0 Å². The third-order valence-electron chi connectivity index (χ3n) is 4.00. The number of hydrogen-bond acceptors (Lipinski definition) is 3. The zero-order chi connectivity index (χ0) is 20.2. The maximum absolute atomic E-state index is 11.7. The number of nitrogens with zero attached hydrogens (tertiary/aromatic N) is 1. The Morgan fingerprint density at radius 2 is 1.86 bits per heavy atom. The summed E-state index contributed by atoms with van der Waals surface area (Å²) in [7, 11) is 0. The molecule has 0 aliphatic carbocycles. The first-order valence-corrected chi connectivity index (χ1v) is 10.0. The molecule has 7 heteroatoms. The average molecular weight is 512 g/mol. The van der Waals surface area contributed by atoms with Crippen LogP contribution in [0.5, 0.6) is 5.75 Å². The van der Waals surface area contributed by atoms with Gasteiger partial charge in [-0.3, -0.25) is 9.79 Å². The fraction of sp³-hybridized carbons (Fsp3) is 0.455. The Balaban J connectivity index is 0.00000420. The van der Waals surface area contributed by atoms with Crippen LogP contribution in [0.25, 0.3) is 10.8 Å². The topological polar surface area (TPSA) is 74.8 Å². The van der Waals surface area contributed by atoms with Gasteiger partial charge in [0.15, 0.2) is 5.96 Å². The molecule has 2 rings (SSSR count). The van der Waals surface area contributed by atoms with Crippen molar-refractivity contribution >= 4 is 46.6 Å². The predicted molar refractivity (Wildman–Crippen MR) is 131 cm³/mol. The largest absolute Gasteiger partial charge is 0.494 e. The second-order valence-corrected chi connectivity index (χ2v) is 6.87. The molecule has 0 heterocycles. The molecule has 0 radical (unpaired) electrons. The molecule has 0 fully saturated rings. The molecule has 160 valence electrons. The molecule has 0 aromatic heterocycles. The Morgan fingerprint density at radius 1 is 1.10 bits per heavy atom. The summed E-state index contributed by atoms with van der Waals surface area (Å²) >= 11 is 0. The van der Waals surface area contributed by atoms with E-state index in [0.29, 0.717) is 26.1 Å². The Labute approximate surface area is 190 Å². The monoisotopic (exact) mass is 512 g/mol. The van der Waals surface area contributed by atoms with E-state index < -0.39 is 0 Å². The van der Waals surface area contributed by atoms with Crippen LogP contribution in [-0.4, -0.2) is 44.1 Å². The Hall–Kier alpha value is -2.03. The van der Waals surface area contributed by atoms with Gasteiger partial charge < -0.3 is 20.7 Å². The van der Waals surface area contributed by atoms with Crippen molar-refractivity contribution in [1.82, 2.24) is 16.0 Å². The van der Waals surface area contributed by atoms with Gasteiger partial charge in [-0.25, -0.2) is 0 Å². The maximum Gasteiger partial charge on any atom is 0.221 e. The SMILES string of the molecule is CCNC(=NCCCOc1ccc2ccccc2c1)NCCC(=O)NC(C)C.I. The molecule has 1 amide bonds. The summed E-state index contributed by atoms with van der Waals surface area (Å²) in [5, 5.41) is 11.7. The lowest BCUT2D eigenvalue weighted by Gasteiger charge is -2.12. The number of fused-ring (bicyclic) bond motifs is 1. The molecule has 0 saturated heterocycles. The minimum Gasteiger partial charge on any atom is -0.494 e. The zero-order valence-electron chi connectivity index (χ0n) is 17.5. The van der Waals surface area contributed by atoms with Crippen LogP contribution in [0.3, 0.4) is 0 Å². The lowest BCUT2D eigenvalue weighted by molar-refractivity contribution is -0.121. The predicted octanol–water partition coefficient (Wildman–Crippen LogP) is 3.70. The molecule has 2 aromatic rings. The summed E-state index contributed by atoms with van der Waals surface area (Å²) in [6.07, 6.45) is 1.24. The molecule has 0 saturated carbocycles. The average Bonchev–Trinajstić information content (AvgIpc) is 2.67. The number of nitrogens with one attached hydrogen (secondary N) is 3. The molecule has 3 N–H and O–H groups in total. The van der Waals surface area contributed by atoms with E-state index in [1.807, 2.05) is 39.0 Å². The molecule has 29 heavy (non-hydrogen) atoms. The van der Waals surface area contributed by atoms with Crippen molar-refractivity contribution in [1.29, 1.82) is 0 Å². The van der Waals surface area contributed by atoms with E-state index in [9.17, 15) is 4.79 Å². The number of guanidine groups is 1. The summed E-state index contributed by atoms with van der Waals surface area (Å²) in [5.41, 5.74) is 0. The summed E-state index contributed by atoms with van der Waals surface area (Å²) in [4.78, 5) is 16.2. The van der Waals surface area contributed by atoms with Gasteiger partial charge in [-0.05, 0) is 43.7 Å². The third-order valence-corrected chi connectivity index (χ3v) is 4.00. The lowest BCUT2D eigenvalue weighted by atomic mass is 10.1. The van der Waals surface area contributed by atoms with Gasteiger partial charge in [0.1, 0.15) is 5.75 Å². The van der Waals surface area contributed by atoms with Crippen molar-refractivity contribution in [3.63, 3.8) is 0 Å². The van der Waals surface area contributed by atoms with Gasteiger partial charge in [0.25, 0.3) is 0 Å². The van der Waals surface area contributed by atoms with E-state index in [1.165, 1.54) is 10.8 Å². The fourth-order valence-corrected chi connectivity index (χ4v) is 2.73. The first-order chi connectivity index (χ1) is 13.6. The van der Waals surface area contributed by atoms with Crippen LogP contribution in [0.1, 0.15) is 33.6 Å². The molecule has 0 spiro atoms. The summed E-state index contributed by atoms with van der Waals surface area (Å²) in [6.45, 7) is 8.52. The van der Waals surface area contributed by atoms with Crippen molar-refractivity contribution in [2.75, 3.05) is 26.2 Å². The fourth-order valence-electron chi connectivity index (χ4n) is 2.73. The smallest absolute Gasteiger partial charge is 0.221 e. The van der Waals surface area contributed by atoms with Crippen molar-refractivity contribution in [3.05, 3.63) is 42.5 Å². The second kappa shape index (κ2) is 14.0. The van der Waals surface area contributed by atoms with Crippen LogP contribution in [0.4, 0.5) is 0 Å². The minimum absolute atomic E-state index is 0. The highest BCUT2D eigenvalue weighted by molar-refractivity contribution is 14.0. The van der Waals surface area contributed by atoms with E-state index in [4.69, 9.17) is 4.74 Å². The standard InChI is InChI=1S/C22H32N4O2.HI/c1-4-23-22(25-14-12-21(27)26-17(2)3)24-13-7-15-28-20-11-10-18-8-5-6-9-19(18)16-20;/h5-6,8-11,16-17H,4,7,12-15H2,1-3H3,(H,26,27)(H2,23,24,25);1H. The molecule has 0 aliphatic heterocycles.